The van der Waals surface area contributed by atoms with Crippen LogP contribution in [0.4, 0.5) is 5.82 Å². The maximum absolute atomic E-state index is 12.5. The van der Waals surface area contributed by atoms with Gasteiger partial charge in [-0.15, -0.1) is 11.3 Å². The monoisotopic (exact) mass is 332 g/mol. The molecule has 0 radical (unpaired) electrons. The third kappa shape index (κ3) is 4.05. The van der Waals surface area contributed by atoms with E-state index in [1.165, 1.54) is 11.3 Å². The fourth-order valence-corrected chi connectivity index (χ4v) is 3.28. The Morgan fingerprint density at radius 1 is 1.52 bits per heavy atom. The third-order valence-electron chi connectivity index (χ3n) is 3.83. The van der Waals surface area contributed by atoms with Crippen LogP contribution in [-0.4, -0.2) is 54.1 Å². The fourth-order valence-electron chi connectivity index (χ4n) is 2.69. The van der Waals surface area contributed by atoms with E-state index >= 15 is 0 Å². The summed E-state index contributed by atoms with van der Waals surface area (Å²) in [6.45, 7) is 2.53. The van der Waals surface area contributed by atoms with Crippen LogP contribution < -0.4 is 5.32 Å². The summed E-state index contributed by atoms with van der Waals surface area (Å²) in [7, 11) is 1.86. The fraction of sp³-hybridized carbons (Fsp3) is 0.438. The molecule has 1 saturated heterocycles. The highest BCUT2D eigenvalue weighted by Crippen LogP contribution is 2.17. The summed E-state index contributed by atoms with van der Waals surface area (Å²) < 4.78 is 5.68. The zero-order valence-electron chi connectivity index (χ0n) is 13.1. The van der Waals surface area contributed by atoms with Crippen LogP contribution in [0.15, 0.2) is 29.9 Å². The topological polar surface area (TPSA) is 67.3 Å². The van der Waals surface area contributed by atoms with E-state index in [-0.39, 0.29) is 11.8 Å². The minimum Gasteiger partial charge on any atom is -0.379 e. The van der Waals surface area contributed by atoms with E-state index < -0.39 is 0 Å². The molecule has 2 aromatic heterocycles. The number of hydrogen-bond donors (Lipinski definition) is 1. The van der Waals surface area contributed by atoms with E-state index in [2.05, 4.69) is 15.3 Å². The van der Waals surface area contributed by atoms with E-state index in [0.29, 0.717) is 31.2 Å². The average Bonchev–Trinajstić information content (AvgIpc) is 3.02. The summed E-state index contributed by atoms with van der Waals surface area (Å²) in [6.07, 6.45) is 2.42. The highest BCUT2D eigenvalue weighted by atomic mass is 32.1. The van der Waals surface area contributed by atoms with Gasteiger partial charge in [0, 0.05) is 31.7 Å². The van der Waals surface area contributed by atoms with Crippen molar-refractivity contribution in [2.24, 2.45) is 5.92 Å². The maximum atomic E-state index is 12.5. The van der Waals surface area contributed by atoms with Crippen LogP contribution in [0.3, 0.4) is 0 Å². The predicted octanol–water partition coefficient (Wildman–Crippen LogP) is 1.91. The van der Waals surface area contributed by atoms with Crippen molar-refractivity contribution in [1.29, 1.82) is 0 Å². The van der Waals surface area contributed by atoms with Crippen LogP contribution in [0.5, 0.6) is 0 Å². The van der Waals surface area contributed by atoms with Crippen molar-refractivity contribution >= 4 is 23.1 Å². The minimum absolute atomic E-state index is 0.0416. The Bertz CT molecular complexity index is 647. The van der Waals surface area contributed by atoms with Crippen molar-refractivity contribution in [1.82, 2.24) is 14.9 Å². The number of aromatic nitrogens is 2. The summed E-state index contributed by atoms with van der Waals surface area (Å²) in [5.41, 5.74) is 2.70. The molecule has 0 bridgehead atoms. The lowest BCUT2D eigenvalue weighted by molar-refractivity contribution is 0.0742. The van der Waals surface area contributed by atoms with Gasteiger partial charge in [0.25, 0.3) is 5.91 Å². The zero-order chi connectivity index (χ0) is 16.1. The Kier molecular flexibility index (Phi) is 5.19. The second-order valence-electron chi connectivity index (χ2n) is 5.53. The van der Waals surface area contributed by atoms with Gasteiger partial charge in [0.2, 0.25) is 0 Å². The van der Waals surface area contributed by atoms with Gasteiger partial charge in [-0.3, -0.25) is 9.78 Å². The highest BCUT2D eigenvalue weighted by molar-refractivity contribution is 7.11. The lowest BCUT2D eigenvalue weighted by Crippen LogP contribution is -2.36. The number of amides is 1. The van der Waals surface area contributed by atoms with Crippen molar-refractivity contribution in [2.45, 2.75) is 6.42 Å². The van der Waals surface area contributed by atoms with Gasteiger partial charge >= 0.3 is 0 Å². The first kappa shape index (κ1) is 15.9. The van der Waals surface area contributed by atoms with Crippen molar-refractivity contribution in [3.8, 4) is 0 Å². The molecule has 1 aliphatic heterocycles. The van der Waals surface area contributed by atoms with Crippen LogP contribution in [0.2, 0.25) is 0 Å². The number of ether oxygens (including phenoxy) is 1. The smallest absolute Gasteiger partial charge is 0.265 e. The summed E-state index contributed by atoms with van der Waals surface area (Å²) in [6, 6.07) is 5.94. The number of thiazole rings is 1. The number of rotatable bonds is 4. The van der Waals surface area contributed by atoms with Crippen molar-refractivity contribution < 1.29 is 9.53 Å². The van der Waals surface area contributed by atoms with E-state index in [4.69, 9.17) is 4.74 Å². The van der Waals surface area contributed by atoms with Gasteiger partial charge in [-0.2, -0.15) is 0 Å². The lowest BCUT2D eigenvalue weighted by atomic mass is 10.0. The number of nitrogens with zero attached hydrogens (tertiary/aromatic N) is 3. The van der Waals surface area contributed by atoms with E-state index in [0.717, 1.165) is 17.9 Å². The molecule has 0 saturated carbocycles. The Balaban J connectivity index is 1.68. The molecule has 3 heterocycles. The lowest BCUT2D eigenvalue weighted by Gasteiger charge is -2.23. The van der Waals surface area contributed by atoms with E-state index in [9.17, 15) is 4.79 Å². The molecule has 2 aromatic rings. The molecule has 1 atom stereocenters. The van der Waals surface area contributed by atoms with Crippen molar-refractivity contribution in [3.63, 3.8) is 0 Å². The summed E-state index contributed by atoms with van der Waals surface area (Å²) in [5.74, 6) is 1.14. The molecule has 6 nitrogen and oxygen atoms in total. The van der Waals surface area contributed by atoms with Gasteiger partial charge in [0.1, 0.15) is 10.7 Å². The zero-order valence-corrected chi connectivity index (χ0v) is 13.9. The largest absolute Gasteiger partial charge is 0.379 e. The van der Waals surface area contributed by atoms with Crippen molar-refractivity contribution in [2.75, 3.05) is 38.7 Å². The van der Waals surface area contributed by atoms with Gasteiger partial charge < -0.3 is 15.0 Å². The molecular weight excluding hydrogens is 312 g/mol. The molecule has 1 fully saturated rings. The standard InChI is InChI=1S/C16H20N4O2S/c1-17-15-4-2-3-13(19-15)7-12-9-20(5-6-22-10-12)16(21)14-8-18-11-23-14/h2-4,8,11-12H,5-7,9-10H2,1H3,(H,17,19). The molecule has 0 spiro atoms. The Labute approximate surface area is 139 Å². The second kappa shape index (κ2) is 7.52. The number of pyridine rings is 1. The number of hydrogen-bond acceptors (Lipinski definition) is 6. The molecule has 7 heteroatoms. The van der Waals surface area contributed by atoms with Gasteiger partial charge in [-0.05, 0) is 18.6 Å². The van der Waals surface area contributed by atoms with Gasteiger partial charge in [0.05, 0.1) is 24.9 Å². The van der Waals surface area contributed by atoms with Crippen LogP contribution in [0, 0.1) is 5.92 Å². The SMILES string of the molecule is CNc1cccc(CC2COCCN(C(=O)c3cncs3)C2)n1. The van der Waals surface area contributed by atoms with Gasteiger partial charge in [-0.25, -0.2) is 4.98 Å². The molecule has 3 rings (SSSR count). The van der Waals surface area contributed by atoms with Crippen LogP contribution in [0.25, 0.3) is 0 Å². The highest BCUT2D eigenvalue weighted by Gasteiger charge is 2.24. The molecule has 122 valence electrons. The molecular formula is C16H20N4O2S. The van der Waals surface area contributed by atoms with Crippen molar-refractivity contribution in [3.05, 3.63) is 40.5 Å². The summed E-state index contributed by atoms with van der Waals surface area (Å²) in [5, 5.41) is 3.05. The van der Waals surface area contributed by atoms with Crippen LogP contribution >= 0.6 is 11.3 Å². The first-order valence-corrected chi connectivity index (χ1v) is 8.53. The third-order valence-corrected chi connectivity index (χ3v) is 4.59. The molecule has 1 aliphatic rings. The van der Waals surface area contributed by atoms with Gasteiger partial charge in [-0.1, -0.05) is 6.07 Å². The van der Waals surface area contributed by atoms with Crippen LogP contribution in [-0.2, 0) is 11.2 Å². The second-order valence-corrected chi connectivity index (χ2v) is 6.41. The Morgan fingerprint density at radius 2 is 2.43 bits per heavy atom. The number of carbonyl (C=O) groups is 1. The number of anilines is 1. The first-order valence-electron chi connectivity index (χ1n) is 7.65. The van der Waals surface area contributed by atoms with Gasteiger partial charge in [0.15, 0.2) is 0 Å². The predicted molar refractivity (Wildman–Crippen MR) is 89.8 cm³/mol. The molecule has 23 heavy (non-hydrogen) atoms. The summed E-state index contributed by atoms with van der Waals surface area (Å²) in [4.78, 5) is 23.6. The van der Waals surface area contributed by atoms with Crippen LogP contribution in [0.1, 0.15) is 15.4 Å². The Morgan fingerprint density at radius 3 is 3.22 bits per heavy atom. The minimum atomic E-state index is 0.0416. The molecule has 0 aliphatic carbocycles. The molecule has 1 N–H and O–H groups in total. The Hall–Kier alpha value is -1.99. The first-order chi connectivity index (χ1) is 11.3. The van der Waals surface area contributed by atoms with E-state index in [1.54, 1.807) is 11.7 Å². The number of nitrogens with one attached hydrogen (secondary N) is 1. The molecule has 1 amide bonds. The summed E-state index contributed by atoms with van der Waals surface area (Å²) >= 11 is 1.38. The average molecular weight is 332 g/mol. The maximum Gasteiger partial charge on any atom is 0.265 e. The molecule has 1 unspecified atom stereocenters. The normalized spacial score (nSPS) is 18.5. The quantitative estimate of drug-likeness (QED) is 0.926. The molecule has 0 aromatic carbocycles. The number of carbonyl (C=O) groups excluding carboxylic acids is 1. The van der Waals surface area contributed by atoms with E-state index in [1.807, 2.05) is 30.1 Å².